The van der Waals surface area contributed by atoms with Gasteiger partial charge in [0.2, 0.25) is 0 Å². The first-order valence-electron chi connectivity index (χ1n) is 2.89. The van der Waals surface area contributed by atoms with Crippen LogP contribution in [0.2, 0.25) is 0 Å². The third-order valence-electron chi connectivity index (χ3n) is 1.21. The fourth-order valence-electron chi connectivity index (χ4n) is 0.658. The summed E-state index contributed by atoms with van der Waals surface area (Å²) >= 11 is -1.06. The Morgan fingerprint density at radius 1 is 1.23 bits per heavy atom. The van der Waals surface area contributed by atoms with E-state index in [9.17, 15) is 13.6 Å². The largest absolute Gasteiger partial charge is 1.00 e. The fraction of sp³-hybridized carbons (Fsp3) is 0. The van der Waals surface area contributed by atoms with Gasteiger partial charge in [-0.2, -0.15) is 0 Å². The van der Waals surface area contributed by atoms with Crippen LogP contribution in [0.5, 0.6) is 0 Å². The van der Waals surface area contributed by atoms with Gasteiger partial charge in [-0.3, -0.25) is 0 Å². The zero-order valence-electron chi connectivity index (χ0n) is 6.98. The van der Waals surface area contributed by atoms with Crippen molar-refractivity contribution in [3.63, 3.8) is 0 Å². The Bertz CT molecular complexity index is 285. The van der Waals surface area contributed by atoms with Gasteiger partial charge in [-0.1, -0.05) is 0 Å². The molecule has 2 N–H and O–H groups in total. The predicted molar refractivity (Wildman–Crippen MR) is 40.5 cm³/mol. The number of carbonyl (C=O) groups is 1. The molecule has 0 radical (unpaired) electrons. The van der Waals surface area contributed by atoms with E-state index in [1.54, 1.807) is 0 Å². The standard InChI is InChI=1S/C7H5AsO3.Na.H2O/c9-7(10)5-1-3-6(8-11)4-2-5;;/h1-4H,(H,9,10);;1H2/q;+1;/p-1. The average molecular weight is 252 g/mol. The van der Waals surface area contributed by atoms with E-state index < -0.39 is 21.7 Å². The van der Waals surface area contributed by atoms with E-state index in [4.69, 9.17) is 0 Å². The topological polar surface area (TPSA) is 88.7 Å². The number of carbonyl (C=O) groups excluding carboxylic acids is 1. The zero-order valence-corrected chi connectivity index (χ0v) is 10.9. The summed E-state index contributed by atoms with van der Waals surface area (Å²) in [5.41, 5.74) is 0.114. The minimum absolute atomic E-state index is 0. The third kappa shape index (κ3) is 4.69. The maximum atomic E-state index is 10.3. The molecular formula is C7H6AsNaO4. The van der Waals surface area contributed by atoms with E-state index in [2.05, 4.69) is 0 Å². The quantitative estimate of drug-likeness (QED) is 0.493. The van der Waals surface area contributed by atoms with E-state index in [0.29, 0.717) is 4.35 Å². The summed E-state index contributed by atoms with van der Waals surface area (Å²) in [6.45, 7) is 0. The maximum absolute atomic E-state index is 10.3. The molecule has 0 fully saturated rings. The number of aromatic carboxylic acids is 1. The summed E-state index contributed by atoms with van der Waals surface area (Å²) in [7, 11) is 0. The van der Waals surface area contributed by atoms with Crippen LogP contribution >= 0.6 is 0 Å². The Kier molecular flexibility index (Phi) is 8.83. The van der Waals surface area contributed by atoms with Gasteiger partial charge >= 0.3 is 99.0 Å². The molecule has 0 unspecified atom stereocenters. The molecule has 0 aliphatic carbocycles. The number of carboxylic acid groups (broad SMARTS) is 1. The number of carboxylic acids is 1. The Hall–Kier alpha value is 0.00844. The Labute approximate surface area is 104 Å². The molecule has 0 amide bonds. The summed E-state index contributed by atoms with van der Waals surface area (Å²) in [5, 5.41) is 10.2. The van der Waals surface area contributed by atoms with E-state index in [1.807, 2.05) is 0 Å². The van der Waals surface area contributed by atoms with Crippen LogP contribution in [0.3, 0.4) is 0 Å². The Morgan fingerprint density at radius 3 is 2.00 bits per heavy atom. The smallest absolute Gasteiger partial charge is 1.00 e. The molecular weight excluding hydrogens is 246 g/mol. The minimum atomic E-state index is -1.21. The summed E-state index contributed by atoms with van der Waals surface area (Å²) in [6.07, 6.45) is 0. The summed E-state index contributed by atoms with van der Waals surface area (Å²) in [5.74, 6) is -1.21. The van der Waals surface area contributed by atoms with E-state index in [-0.39, 0.29) is 40.6 Å². The monoisotopic (exact) mass is 252 g/mol. The number of hydrogen-bond donors (Lipinski definition) is 0. The van der Waals surface area contributed by atoms with Crippen LogP contribution in [0.15, 0.2) is 24.3 Å². The first-order chi connectivity index (χ1) is 5.24. The zero-order chi connectivity index (χ0) is 8.27. The van der Waals surface area contributed by atoms with Gasteiger partial charge in [0.1, 0.15) is 0 Å². The second-order valence-corrected chi connectivity index (χ2v) is 3.39. The van der Waals surface area contributed by atoms with Crippen LogP contribution in [-0.2, 0) is 3.74 Å². The van der Waals surface area contributed by atoms with Crippen molar-refractivity contribution in [3.8, 4) is 0 Å². The number of rotatable bonds is 2. The van der Waals surface area contributed by atoms with Crippen molar-refractivity contribution in [2.24, 2.45) is 0 Å². The summed E-state index contributed by atoms with van der Waals surface area (Å²) < 4.78 is 11.0. The molecule has 0 saturated heterocycles. The normalized spacial score (nSPS) is 8.31. The molecule has 0 aliphatic rings. The van der Waals surface area contributed by atoms with Crippen molar-refractivity contribution in [1.82, 2.24) is 0 Å². The predicted octanol–water partition coefficient (Wildman–Crippen LogP) is -5.10. The molecule has 1 aromatic carbocycles. The van der Waals surface area contributed by atoms with Crippen molar-refractivity contribution < 1.29 is 48.7 Å². The van der Waals surface area contributed by atoms with Crippen LogP contribution in [0.1, 0.15) is 10.4 Å². The molecule has 0 heterocycles. The van der Waals surface area contributed by atoms with Gasteiger partial charge < -0.3 is 5.48 Å². The SMILES string of the molecule is O.O=[As]c1ccc(C(=O)[O-])cc1.[Na+]. The van der Waals surface area contributed by atoms with Crippen LogP contribution in [0.4, 0.5) is 0 Å². The Balaban J connectivity index is 0. The van der Waals surface area contributed by atoms with Crippen LogP contribution in [-0.4, -0.2) is 27.1 Å². The molecule has 64 valence electrons. The van der Waals surface area contributed by atoms with Crippen LogP contribution in [0.25, 0.3) is 0 Å². The molecule has 0 bridgehead atoms. The van der Waals surface area contributed by atoms with Crippen LogP contribution < -0.4 is 39.0 Å². The van der Waals surface area contributed by atoms with Gasteiger partial charge in [-0.05, 0) is 0 Å². The van der Waals surface area contributed by atoms with Gasteiger partial charge in [-0.25, -0.2) is 0 Å². The van der Waals surface area contributed by atoms with Gasteiger partial charge in [0.15, 0.2) is 0 Å². The van der Waals surface area contributed by atoms with Gasteiger partial charge in [0.25, 0.3) is 0 Å². The van der Waals surface area contributed by atoms with Crippen molar-refractivity contribution in [3.05, 3.63) is 29.8 Å². The molecule has 4 nitrogen and oxygen atoms in total. The molecule has 13 heavy (non-hydrogen) atoms. The van der Waals surface area contributed by atoms with Gasteiger partial charge in [-0.15, -0.1) is 0 Å². The molecule has 6 heteroatoms. The fourth-order valence-corrected chi connectivity index (χ4v) is 1.23. The van der Waals surface area contributed by atoms with Gasteiger partial charge in [0, 0.05) is 0 Å². The summed E-state index contributed by atoms with van der Waals surface area (Å²) in [4.78, 5) is 10.2. The van der Waals surface area contributed by atoms with E-state index in [1.165, 1.54) is 24.3 Å². The molecule has 0 aromatic heterocycles. The third-order valence-corrected chi connectivity index (χ3v) is 2.28. The molecule has 0 atom stereocenters. The minimum Gasteiger partial charge on any atom is 1.00 e. The molecule has 0 aliphatic heterocycles. The molecule has 0 spiro atoms. The van der Waals surface area contributed by atoms with Crippen molar-refractivity contribution in [1.29, 1.82) is 0 Å². The first kappa shape index (κ1) is 15.5. The molecule has 1 aromatic rings. The molecule has 1 rings (SSSR count). The summed E-state index contributed by atoms with van der Waals surface area (Å²) in [6, 6.07) is 5.83. The van der Waals surface area contributed by atoms with Crippen molar-refractivity contribution >= 4 is 26.0 Å². The van der Waals surface area contributed by atoms with Gasteiger partial charge in [0.05, 0.1) is 0 Å². The molecule has 0 saturated carbocycles. The number of hydrogen-bond acceptors (Lipinski definition) is 3. The second-order valence-electron chi connectivity index (χ2n) is 1.93. The Morgan fingerprint density at radius 2 is 1.69 bits per heavy atom. The van der Waals surface area contributed by atoms with Crippen molar-refractivity contribution in [2.45, 2.75) is 0 Å². The van der Waals surface area contributed by atoms with E-state index >= 15 is 0 Å². The average Bonchev–Trinajstić information content (AvgIpc) is 2.05. The number of benzene rings is 1. The van der Waals surface area contributed by atoms with Crippen molar-refractivity contribution in [2.75, 3.05) is 0 Å². The van der Waals surface area contributed by atoms with Crippen LogP contribution in [0, 0.1) is 0 Å². The maximum Gasteiger partial charge on any atom is 1.00 e. The first-order valence-corrected chi connectivity index (χ1v) is 4.59. The van der Waals surface area contributed by atoms with E-state index in [0.717, 1.165) is 0 Å². The second kappa shape index (κ2) is 7.42.